The predicted molar refractivity (Wildman–Crippen MR) is 274 cm³/mol. The summed E-state index contributed by atoms with van der Waals surface area (Å²) in [5.41, 5.74) is 11.3. The molecule has 73 heavy (non-hydrogen) atoms. The molecule has 0 spiro atoms. The maximum atomic E-state index is 14.0. The van der Waals surface area contributed by atoms with Gasteiger partial charge in [0, 0.05) is 0 Å². The lowest BCUT2D eigenvalue weighted by atomic mass is 9.86. The van der Waals surface area contributed by atoms with Crippen LogP contribution in [0.25, 0.3) is 0 Å². The molecule has 2 rings (SSSR count). The molecule has 0 bridgehead atoms. The SMILES string of the molecule is CC(C)(NC(=O)[C@H](CCCCN)NC(=O)C(C)(C)NC(=O)C(C)(C)NC(=O)C1(N)CCNCC1)C(=O)NC(C)(C)C(=O)N[C@@H](CCCCN)C(=O)NC(C)(C)C(=O)NC(C)(C)C(=O)NC1(C(N)=O)CCNCC1. The highest BCUT2D eigenvalue weighted by atomic mass is 16.2. The van der Waals surface area contributed by atoms with E-state index in [1.165, 1.54) is 83.1 Å². The van der Waals surface area contributed by atoms with Crippen LogP contribution in [0.15, 0.2) is 0 Å². The fourth-order valence-electron chi connectivity index (χ4n) is 7.82. The first-order chi connectivity index (χ1) is 33.4. The average Bonchev–Trinajstić information content (AvgIpc) is 3.27. The lowest BCUT2D eigenvalue weighted by Crippen LogP contribution is -2.69. The number of nitrogens with two attached hydrogens (primary N) is 4. The molecular weight excluding hydrogens is 947 g/mol. The van der Waals surface area contributed by atoms with E-state index in [-0.39, 0.29) is 25.7 Å². The summed E-state index contributed by atoms with van der Waals surface area (Å²) in [6.07, 6.45) is 3.26. The van der Waals surface area contributed by atoms with Gasteiger partial charge in [0.2, 0.25) is 59.1 Å². The summed E-state index contributed by atoms with van der Waals surface area (Å²) in [6.45, 7) is 19.7. The predicted octanol–water partition coefficient (Wildman–Crippen LogP) is -3.61. The Hall–Kier alpha value is -5.50. The average molecular weight is 1040 g/mol. The monoisotopic (exact) mass is 1040 g/mol. The van der Waals surface area contributed by atoms with Gasteiger partial charge in [-0.25, -0.2) is 0 Å². The number of hydrogen-bond acceptors (Lipinski definition) is 15. The Kier molecular flexibility index (Phi) is 22.3. The molecule has 2 saturated heterocycles. The lowest BCUT2D eigenvalue weighted by molar-refractivity contribution is -0.141. The molecule has 19 N–H and O–H groups in total. The second-order valence-electron chi connectivity index (χ2n) is 22.7. The van der Waals surface area contributed by atoms with E-state index in [4.69, 9.17) is 22.9 Å². The maximum Gasteiger partial charge on any atom is 0.246 e. The summed E-state index contributed by atoms with van der Waals surface area (Å²) in [5, 5.41) is 30.3. The fourth-order valence-corrected chi connectivity index (χ4v) is 7.82. The molecule has 2 atom stereocenters. The van der Waals surface area contributed by atoms with Crippen LogP contribution in [0, 0.1) is 0 Å². The molecule has 0 aromatic heterocycles. The highest BCUT2D eigenvalue weighted by molar-refractivity contribution is 6.02. The van der Waals surface area contributed by atoms with Crippen molar-refractivity contribution in [2.45, 2.75) is 204 Å². The van der Waals surface area contributed by atoms with E-state index < -0.39 is 115 Å². The van der Waals surface area contributed by atoms with Gasteiger partial charge < -0.3 is 81.4 Å². The molecule has 10 amide bonds. The van der Waals surface area contributed by atoms with Crippen LogP contribution in [0.5, 0.6) is 0 Å². The van der Waals surface area contributed by atoms with Gasteiger partial charge in [0.05, 0.1) is 5.54 Å². The molecule has 416 valence electrons. The minimum Gasteiger partial charge on any atom is -0.368 e. The van der Waals surface area contributed by atoms with Crippen molar-refractivity contribution in [2.24, 2.45) is 22.9 Å². The molecule has 2 aliphatic rings. The van der Waals surface area contributed by atoms with Gasteiger partial charge in [-0.15, -0.1) is 0 Å². The minimum atomic E-state index is -1.70. The zero-order chi connectivity index (χ0) is 56.0. The Bertz CT molecular complexity index is 2030. The van der Waals surface area contributed by atoms with E-state index >= 15 is 0 Å². The molecule has 25 nitrogen and oxygen atoms in total. The highest BCUT2D eigenvalue weighted by Gasteiger charge is 2.46. The first kappa shape index (κ1) is 63.6. The van der Waals surface area contributed by atoms with Crippen LogP contribution in [0.4, 0.5) is 0 Å². The third kappa shape index (κ3) is 18.1. The molecule has 0 aliphatic carbocycles. The summed E-state index contributed by atoms with van der Waals surface area (Å²) >= 11 is 0. The van der Waals surface area contributed by atoms with E-state index in [9.17, 15) is 47.9 Å². The van der Waals surface area contributed by atoms with Crippen LogP contribution in [-0.2, 0) is 47.9 Å². The molecule has 2 aliphatic heterocycles. The number of amides is 10. The number of primary amides is 1. The lowest BCUT2D eigenvalue weighted by Gasteiger charge is -2.39. The minimum absolute atomic E-state index is 0.0924. The largest absolute Gasteiger partial charge is 0.368 e. The van der Waals surface area contributed by atoms with Gasteiger partial charge in [-0.2, -0.15) is 0 Å². The van der Waals surface area contributed by atoms with E-state index in [0.717, 1.165) is 0 Å². The Morgan fingerprint density at radius 3 is 1.11 bits per heavy atom. The first-order valence-corrected chi connectivity index (χ1v) is 25.2. The first-order valence-electron chi connectivity index (χ1n) is 25.2. The van der Waals surface area contributed by atoms with Gasteiger partial charge in [-0.3, -0.25) is 47.9 Å². The molecule has 0 radical (unpaired) electrons. The Labute approximate surface area is 430 Å². The van der Waals surface area contributed by atoms with Gasteiger partial charge in [0.15, 0.2) is 0 Å². The van der Waals surface area contributed by atoms with Gasteiger partial charge in [-0.05, 0) is 187 Å². The van der Waals surface area contributed by atoms with Crippen LogP contribution in [-0.4, -0.2) is 155 Å². The molecule has 0 aromatic rings. The van der Waals surface area contributed by atoms with Crippen LogP contribution >= 0.6 is 0 Å². The number of hydrogen-bond donors (Lipinski definition) is 15. The van der Waals surface area contributed by atoms with E-state index in [0.29, 0.717) is 77.8 Å². The molecule has 2 fully saturated rings. The third-order valence-corrected chi connectivity index (χ3v) is 13.3. The molecule has 25 heteroatoms. The van der Waals surface area contributed by atoms with Crippen molar-refractivity contribution in [3.05, 3.63) is 0 Å². The second kappa shape index (κ2) is 25.6. The molecule has 2 heterocycles. The molecule has 0 unspecified atom stereocenters. The smallest absolute Gasteiger partial charge is 0.246 e. The van der Waals surface area contributed by atoms with Crippen LogP contribution in [0.1, 0.15) is 147 Å². The van der Waals surface area contributed by atoms with Crippen molar-refractivity contribution >= 4 is 59.1 Å². The number of rotatable bonds is 27. The van der Waals surface area contributed by atoms with Crippen LogP contribution in [0.3, 0.4) is 0 Å². The van der Waals surface area contributed by atoms with Crippen molar-refractivity contribution in [1.82, 2.24) is 58.5 Å². The fraction of sp³-hybridized carbons (Fsp3) is 0.792. The summed E-state index contributed by atoms with van der Waals surface area (Å²) in [5.74, 6) is -7.12. The normalized spacial score (nSPS) is 17.0. The summed E-state index contributed by atoms with van der Waals surface area (Å²) < 4.78 is 0. The number of carbonyl (C=O) groups excluding carboxylic acids is 10. The van der Waals surface area contributed by atoms with Crippen molar-refractivity contribution < 1.29 is 47.9 Å². The zero-order valence-electron chi connectivity index (χ0n) is 45.4. The summed E-state index contributed by atoms with van der Waals surface area (Å²) in [6, 6.07) is -2.44. The quantitative estimate of drug-likeness (QED) is 0.0354. The van der Waals surface area contributed by atoms with E-state index in [1.54, 1.807) is 0 Å². The standard InChI is InChI=1S/C48H89N15O10/c1-41(2,34(67)55-30(18-14-16-24-50)32(65)58-44(7,8)37(70)61-46(11,12)39(72)63-48(33(51)66)21-27-54-28-22-48)59-36(69)43(5,6)57-31(64)29(17-13-15-23-49)56-35(68)42(3,4)60-38(71)45(9,10)62-40(73)47(52)19-25-53-26-20-47/h29-30,53-54H,13-28,49-50,52H2,1-12H3,(H2,51,66)(H,55,67)(H,56,68)(H,57,64)(H,58,65)(H,59,69)(H,60,71)(H,61,70)(H,62,73)(H,63,72)/t29-,30-/m0/s1. The van der Waals surface area contributed by atoms with Crippen LogP contribution < -0.4 is 81.4 Å². The Balaban J connectivity index is 2.18. The topological polar surface area (TPSA) is 407 Å². The third-order valence-electron chi connectivity index (χ3n) is 13.3. The second-order valence-corrected chi connectivity index (χ2v) is 22.7. The van der Waals surface area contributed by atoms with Crippen molar-refractivity contribution in [3.8, 4) is 0 Å². The van der Waals surface area contributed by atoms with Gasteiger partial charge in [-0.1, -0.05) is 0 Å². The van der Waals surface area contributed by atoms with Gasteiger partial charge in [0.1, 0.15) is 50.9 Å². The number of nitrogens with one attached hydrogen (secondary N) is 11. The molecule has 0 aromatic carbocycles. The Morgan fingerprint density at radius 1 is 0.452 bits per heavy atom. The van der Waals surface area contributed by atoms with Crippen molar-refractivity contribution in [2.75, 3.05) is 39.3 Å². The number of unbranched alkanes of at least 4 members (excludes halogenated alkanes) is 2. The van der Waals surface area contributed by atoms with Crippen LogP contribution in [0.2, 0.25) is 0 Å². The molecule has 0 saturated carbocycles. The van der Waals surface area contributed by atoms with Gasteiger partial charge >= 0.3 is 0 Å². The number of piperidine rings is 2. The number of carbonyl (C=O) groups is 10. The maximum absolute atomic E-state index is 14.0. The van der Waals surface area contributed by atoms with Crippen molar-refractivity contribution in [1.29, 1.82) is 0 Å². The summed E-state index contributed by atoms with van der Waals surface area (Å²) in [7, 11) is 0. The Morgan fingerprint density at radius 2 is 0.767 bits per heavy atom. The summed E-state index contributed by atoms with van der Waals surface area (Å²) in [4.78, 5) is 136. The highest BCUT2D eigenvalue weighted by Crippen LogP contribution is 2.22. The van der Waals surface area contributed by atoms with Gasteiger partial charge in [0.25, 0.3) is 0 Å². The van der Waals surface area contributed by atoms with Crippen molar-refractivity contribution in [3.63, 3.8) is 0 Å². The van der Waals surface area contributed by atoms with E-state index in [1.807, 2.05) is 0 Å². The molecular formula is C48H89N15O10. The van der Waals surface area contributed by atoms with E-state index in [2.05, 4.69) is 58.5 Å². The zero-order valence-corrected chi connectivity index (χ0v) is 45.4.